The first-order chi connectivity index (χ1) is 8.67. The molecule has 0 fully saturated rings. The van der Waals surface area contributed by atoms with E-state index < -0.39 is 0 Å². The summed E-state index contributed by atoms with van der Waals surface area (Å²) in [5.74, 6) is 0.232. The summed E-state index contributed by atoms with van der Waals surface area (Å²) in [6.45, 7) is 2.32. The van der Waals surface area contributed by atoms with E-state index in [4.69, 9.17) is 9.47 Å². The molecule has 0 heterocycles. The molecule has 0 aromatic heterocycles. The Bertz CT molecular complexity index is 395. The molecule has 1 rings (SSSR count). The van der Waals surface area contributed by atoms with Gasteiger partial charge in [-0.05, 0) is 30.7 Å². The highest BCUT2D eigenvalue weighted by atomic mass is 16.5. The topological polar surface area (TPSA) is 52.6 Å². The van der Waals surface area contributed by atoms with Gasteiger partial charge in [0.2, 0.25) is 0 Å². The van der Waals surface area contributed by atoms with Gasteiger partial charge in [-0.2, -0.15) is 0 Å². The predicted molar refractivity (Wildman–Crippen MR) is 67.8 cm³/mol. The smallest absolute Gasteiger partial charge is 0.311 e. The molecule has 18 heavy (non-hydrogen) atoms. The lowest BCUT2D eigenvalue weighted by molar-refractivity contribution is -0.134. The van der Waals surface area contributed by atoms with Crippen LogP contribution in [0.5, 0.6) is 5.75 Å². The zero-order valence-corrected chi connectivity index (χ0v) is 10.8. The number of methoxy groups -OCH3 is 1. The maximum absolute atomic E-state index is 11.7. The largest absolute Gasteiger partial charge is 0.427 e. The number of ketones is 1. The molecule has 98 valence electrons. The average molecular weight is 250 g/mol. The molecule has 0 aliphatic carbocycles. The van der Waals surface area contributed by atoms with Crippen LogP contribution in [0.3, 0.4) is 0 Å². The summed E-state index contributed by atoms with van der Waals surface area (Å²) in [5, 5.41) is 0. The third-order valence-corrected chi connectivity index (χ3v) is 2.40. The number of Topliss-reactive ketones (excluding diaryl/α,β-unsaturated/α-hetero) is 1. The standard InChI is InChI=1S/C14H18O4/c1-3-4-14(16)18-12-7-5-11(6-8-12)13(15)9-10-17-2/h5-8H,3-4,9-10H2,1-2H3. The van der Waals surface area contributed by atoms with Crippen LogP contribution in [0, 0.1) is 0 Å². The Balaban J connectivity index is 2.57. The van der Waals surface area contributed by atoms with Gasteiger partial charge in [-0.25, -0.2) is 0 Å². The molecule has 0 saturated carbocycles. The monoisotopic (exact) mass is 250 g/mol. The van der Waals surface area contributed by atoms with Crippen molar-refractivity contribution in [3.8, 4) is 5.75 Å². The molecular weight excluding hydrogens is 232 g/mol. The lowest BCUT2D eigenvalue weighted by Gasteiger charge is -2.04. The summed E-state index contributed by atoms with van der Waals surface area (Å²) >= 11 is 0. The molecule has 1 aromatic rings. The summed E-state index contributed by atoms with van der Waals surface area (Å²) in [7, 11) is 1.56. The first-order valence-corrected chi connectivity index (χ1v) is 6.00. The summed E-state index contributed by atoms with van der Waals surface area (Å²) in [4.78, 5) is 22.9. The third kappa shape index (κ3) is 4.67. The van der Waals surface area contributed by atoms with E-state index in [0.717, 1.165) is 6.42 Å². The van der Waals surface area contributed by atoms with Crippen LogP contribution < -0.4 is 4.74 Å². The highest BCUT2D eigenvalue weighted by molar-refractivity contribution is 5.96. The minimum atomic E-state index is -0.254. The van der Waals surface area contributed by atoms with Gasteiger partial charge in [0.15, 0.2) is 5.78 Å². The Morgan fingerprint density at radius 3 is 2.33 bits per heavy atom. The Hall–Kier alpha value is -1.68. The van der Waals surface area contributed by atoms with Crippen LogP contribution in [0.15, 0.2) is 24.3 Å². The van der Waals surface area contributed by atoms with Gasteiger partial charge in [-0.1, -0.05) is 6.92 Å². The maximum atomic E-state index is 11.7. The number of hydrogen-bond acceptors (Lipinski definition) is 4. The number of carbonyl (C=O) groups excluding carboxylic acids is 2. The van der Waals surface area contributed by atoms with Crippen LogP contribution in [0.4, 0.5) is 0 Å². The van der Waals surface area contributed by atoms with Crippen LogP contribution in [0.2, 0.25) is 0 Å². The van der Waals surface area contributed by atoms with Gasteiger partial charge >= 0.3 is 5.97 Å². The summed E-state index contributed by atoms with van der Waals surface area (Å²) in [5.41, 5.74) is 0.599. The van der Waals surface area contributed by atoms with Crippen molar-refractivity contribution < 1.29 is 19.1 Å². The van der Waals surface area contributed by atoms with Gasteiger partial charge in [0, 0.05) is 25.5 Å². The van der Waals surface area contributed by atoms with Crippen molar-refractivity contribution in [2.75, 3.05) is 13.7 Å². The Morgan fingerprint density at radius 2 is 1.78 bits per heavy atom. The predicted octanol–water partition coefficient (Wildman–Crippen LogP) is 2.61. The molecule has 0 aliphatic heterocycles. The molecule has 0 spiro atoms. The fourth-order valence-electron chi connectivity index (χ4n) is 1.43. The van der Waals surface area contributed by atoms with Crippen LogP contribution in [0.25, 0.3) is 0 Å². The summed E-state index contributed by atoms with van der Waals surface area (Å²) in [6.07, 6.45) is 1.51. The molecule has 1 aromatic carbocycles. The zero-order chi connectivity index (χ0) is 13.4. The van der Waals surface area contributed by atoms with Crippen molar-refractivity contribution in [1.82, 2.24) is 0 Å². The van der Waals surface area contributed by atoms with E-state index in [9.17, 15) is 9.59 Å². The fourth-order valence-corrected chi connectivity index (χ4v) is 1.43. The summed E-state index contributed by atoms with van der Waals surface area (Å²) in [6, 6.07) is 6.58. The van der Waals surface area contributed by atoms with Gasteiger partial charge in [-0.3, -0.25) is 9.59 Å². The second-order valence-corrected chi connectivity index (χ2v) is 3.91. The third-order valence-electron chi connectivity index (χ3n) is 2.40. The van der Waals surface area contributed by atoms with Crippen LogP contribution in [0.1, 0.15) is 36.5 Å². The SMILES string of the molecule is CCCC(=O)Oc1ccc(C(=O)CCOC)cc1. The zero-order valence-electron chi connectivity index (χ0n) is 10.8. The van der Waals surface area contributed by atoms with Gasteiger partial charge in [0.05, 0.1) is 6.61 Å². The maximum Gasteiger partial charge on any atom is 0.311 e. The Kier molecular flexibility index (Phi) is 6.08. The molecule has 4 heteroatoms. The van der Waals surface area contributed by atoms with Gasteiger partial charge in [0.25, 0.3) is 0 Å². The van der Waals surface area contributed by atoms with E-state index in [0.29, 0.717) is 30.8 Å². The van der Waals surface area contributed by atoms with Crippen molar-refractivity contribution in [2.24, 2.45) is 0 Å². The first kappa shape index (κ1) is 14.4. The quantitative estimate of drug-likeness (QED) is 0.424. The second kappa shape index (κ2) is 7.61. The van der Waals surface area contributed by atoms with E-state index in [1.807, 2.05) is 6.92 Å². The molecule has 0 atom stereocenters. The normalized spacial score (nSPS) is 10.1. The van der Waals surface area contributed by atoms with E-state index in [1.54, 1.807) is 31.4 Å². The number of ether oxygens (including phenoxy) is 2. The molecule has 0 unspecified atom stereocenters. The number of esters is 1. The molecule has 0 radical (unpaired) electrons. The summed E-state index contributed by atoms with van der Waals surface area (Å²) < 4.78 is 9.94. The Labute approximate surface area is 107 Å². The number of rotatable bonds is 7. The van der Waals surface area contributed by atoms with E-state index >= 15 is 0 Å². The molecule has 0 bridgehead atoms. The van der Waals surface area contributed by atoms with Gasteiger partial charge in [-0.15, -0.1) is 0 Å². The van der Waals surface area contributed by atoms with Crippen LogP contribution >= 0.6 is 0 Å². The van der Waals surface area contributed by atoms with Gasteiger partial charge < -0.3 is 9.47 Å². The molecule has 4 nitrogen and oxygen atoms in total. The number of carbonyl (C=O) groups is 2. The minimum Gasteiger partial charge on any atom is -0.427 e. The molecule has 0 N–H and O–H groups in total. The molecule has 0 amide bonds. The lowest BCUT2D eigenvalue weighted by Crippen LogP contribution is -2.07. The Morgan fingerprint density at radius 1 is 1.11 bits per heavy atom. The first-order valence-electron chi connectivity index (χ1n) is 6.00. The van der Waals surface area contributed by atoms with Crippen molar-refractivity contribution in [3.05, 3.63) is 29.8 Å². The lowest BCUT2D eigenvalue weighted by atomic mass is 10.1. The van der Waals surface area contributed by atoms with Crippen molar-refractivity contribution in [1.29, 1.82) is 0 Å². The van der Waals surface area contributed by atoms with Crippen LogP contribution in [-0.2, 0) is 9.53 Å². The molecule has 0 aliphatic rings. The number of benzene rings is 1. The van der Waals surface area contributed by atoms with E-state index in [-0.39, 0.29) is 11.8 Å². The van der Waals surface area contributed by atoms with Crippen LogP contribution in [-0.4, -0.2) is 25.5 Å². The minimum absolute atomic E-state index is 0.0169. The van der Waals surface area contributed by atoms with Gasteiger partial charge in [0.1, 0.15) is 5.75 Å². The molecular formula is C14H18O4. The average Bonchev–Trinajstić information content (AvgIpc) is 2.37. The van der Waals surface area contributed by atoms with Crippen molar-refractivity contribution in [2.45, 2.75) is 26.2 Å². The number of hydrogen-bond donors (Lipinski definition) is 0. The van der Waals surface area contributed by atoms with E-state index in [2.05, 4.69) is 0 Å². The fraction of sp³-hybridized carbons (Fsp3) is 0.429. The van der Waals surface area contributed by atoms with Crippen molar-refractivity contribution >= 4 is 11.8 Å². The van der Waals surface area contributed by atoms with E-state index in [1.165, 1.54) is 0 Å². The molecule has 0 saturated heterocycles. The highest BCUT2D eigenvalue weighted by Crippen LogP contribution is 2.14. The second-order valence-electron chi connectivity index (χ2n) is 3.91. The van der Waals surface area contributed by atoms with Crippen molar-refractivity contribution in [3.63, 3.8) is 0 Å². The highest BCUT2D eigenvalue weighted by Gasteiger charge is 2.07.